The maximum atomic E-state index is 12.3. The monoisotopic (exact) mass is 617 g/mol. The predicted molar refractivity (Wildman–Crippen MR) is 161 cm³/mol. The predicted octanol–water partition coefficient (Wildman–Crippen LogP) is 3.73. The molecule has 3 aliphatic rings. The van der Waals surface area contributed by atoms with Crippen molar-refractivity contribution in [3.63, 3.8) is 0 Å². The zero-order valence-corrected chi connectivity index (χ0v) is 25.0. The van der Waals surface area contributed by atoms with Crippen LogP contribution in [0.2, 0.25) is 5.02 Å². The minimum Gasteiger partial charge on any atom is -0.391 e. The highest BCUT2D eigenvalue weighted by Crippen LogP contribution is 2.46. The van der Waals surface area contributed by atoms with Gasteiger partial charge in [-0.1, -0.05) is 30.3 Å². The van der Waals surface area contributed by atoms with Crippen LogP contribution in [0.3, 0.4) is 0 Å². The van der Waals surface area contributed by atoms with Crippen LogP contribution in [0.15, 0.2) is 46.8 Å². The van der Waals surface area contributed by atoms with E-state index in [9.17, 15) is 9.90 Å². The molecule has 1 saturated carbocycles. The summed E-state index contributed by atoms with van der Waals surface area (Å²) in [4.78, 5) is 39.8. The highest BCUT2D eigenvalue weighted by molar-refractivity contribution is 7.99. The third-order valence-corrected chi connectivity index (χ3v) is 9.86. The van der Waals surface area contributed by atoms with Crippen LogP contribution in [-0.4, -0.2) is 74.1 Å². The molecule has 0 amide bonds. The number of nitrogens with zero attached hydrogens (tertiary/aromatic N) is 7. The van der Waals surface area contributed by atoms with Crippen LogP contribution in [-0.2, 0) is 4.79 Å². The summed E-state index contributed by atoms with van der Waals surface area (Å²) in [5.74, 6) is 2.65. The van der Waals surface area contributed by atoms with E-state index in [1.54, 1.807) is 30.9 Å². The van der Waals surface area contributed by atoms with Gasteiger partial charge in [0.05, 0.1) is 23.5 Å². The normalized spacial score (nSPS) is 23.6. The molecule has 11 nitrogen and oxygen atoms in total. The van der Waals surface area contributed by atoms with Crippen LogP contribution in [0.25, 0.3) is 0 Å². The van der Waals surface area contributed by atoms with Crippen molar-refractivity contribution in [1.82, 2.24) is 24.9 Å². The topological polar surface area (TPSA) is 146 Å². The Morgan fingerprint density at radius 2 is 1.88 bits per heavy atom. The van der Waals surface area contributed by atoms with Gasteiger partial charge in [-0.2, -0.15) is 4.98 Å². The smallest absolute Gasteiger partial charge is 0.227 e. The number of β-amino-alcohol motifs (C(OH)–C–C–N with tert-alkyl or cyclic N) is 1. The van der Waals surface area contributed by atoms with Crippen LogP contribution in [0.4, 0.5) is 23.4 Å². The molecule has 218 valence electrons. The van der Waals surface area contributed by atoms with E-state index in [2.05, 4.69) is 35.1 Å². The number of pyridine rings is 1. The van der Waals surface area contributed by atoms with Gasteiger partial charge in [-0.15, -0.1) is 12.4 Å². The van der Waals surface area contributed by atoms with Gasteiger partial charge in [-0.25, -0.2) is 19.9 Å². The van der Waals surface area contributed by atoms with Crippen LogP contribution >= 0.6 is 35.8 Å². The number of nitrogens with one attached hydrogen (secondary N) is 1. The number of carbonyl (C=O) groups excluding carboxylic acids is 1. The number of rotatable bonds is 6. The molecule has 0 bridgehead atoms. The summed E-state index contributed by atoms with van der Waals surface area (Å²) in [5.41, 5.74) is 6.37. The van der Waals surface area contributed by atoms with Gasteiger partial charge in [-0.05, 0) is 36.8 Å². The van der Waals surface area contributed by atoms with Crippen molar-refractivity contribution in [3.05, 3.63) is 41.9 Å². The molecule has 3 aromatic heterocycles. The molecule has 5 heterocycles. The minimum atomic E-state index is -0.360. The van der Waals surface area contributed by atoms with Gasteiger partial charge in [0.2, 0.25) is 5.95 Å². The van der Waals surface area contributed by atoms with Gasteiger partial charge in [0.15, 0.2) is 5.82 Å². The number of nitrogens with two attached hydrogens (primary N) is 1. The molecule has 1 aliphatic carbocycles. The molecule has 3 aromatic rings. The lowest BCUT2D eigenvalue weighted by Gasteiger charge is -2.42. The standard InChI is InChI=1S/C27H32ClN9O2S.ClH/c1-16-18(39)12-27(24(16)29)5-10-36(11-6-27)21-13-33-22(14-32-21)40-19-2-7-30-25(23(19)28)34-20-3-8-31-26(35-20)37-9-4-17(38)15-37;/h2-3,7-8,13-14,16-17,24,38H,4-6,9-12,15,29H2,1H3,(H,30,31,34,35);1H/t16-,17-,24+;/m1./s1. The second-order valence-electron chi connectivity index (χ2n) is 10.8. The summed E-state index contributed by atoms with van der Waals surface area (Å²) in [7, 11) is 0. The fourth-order valence-electron chi connectivity index (χ4n) is 5.89. The molecule has 2 aliphatic heterocycles. The van der Waals surface area contributed by atoms with Gasteiger partial charge >= 0.3 is 0 Å². The molecule has 3 atom stereocenters. The van der Waals surface area contributed by atoms with E-state index < -0.39 is 0 Å². The number of halogens is 2. The number of hydrogen-bond donors (Lipinski definition) is 3. The first-order chi connectivity index (χ1) is 19.3. The average Bonchev–Trinajstić information content (AvgIpc) is 3.49. The first-order valence-corrected chi connectivity index (χ1v) is 14.7. The van der Waals surface area contributed by atoms with Gasteiger partial charge < -0.3 is 26.0 Å². The molecule has 41 heavy (non-hydrogen) atoms. The van der Waals surface area contributed by atoms with E-state index in [1.807, 2.05) is 17.9 Å². The van der Waals surface area contributed by atoms with Gasteiger partial charge in [0, 0.05) is 61.8 Å². The number of carbonyl (C=O) groups is 1. The maximum Gasteiger partial charge on any atom is 0.227 e. The van der Waals surface area contributed by atoms with Crippen molar-refractivity contribution < 1.29 is 9.90 Å². The zero-order valence-electron chi connectivity index (χ0n) is 22.6. The molecular formula is C27H33Cl2N9O2S. The summed E-state index contributed by atoms with van der Waals surface area (Å²) >= 11 is 8.12. The lowest BCUT2D eigenvalue weighted by Crippen LogP contribution is -2.48. The van der Waals surface area contributed by atoms with E-state index in [0.717, 1.165) is 36.6 Å². The average molecular weight is 619 g/mol. The molecule has 6 rings (SSSR count). The molecule has 0 aromatic carbocycles. The quantitative estimate of drug-likeness (QED) is 0.370. The molecular weight excluding hydrogens is 585 g/mol. The van der Waals surface area contributed by atoms with Crippen molar-refractivity contribution in [2.45, 2.75) is 54.7 Å². The molecule has 0 unspecified atom stereocenters. The lowest BCUT2D eigenvalue weighted by molar-refractivity contribution is -0.120. The van der Waals surface area contributed by atoms with E-state index in [4.69, 9.17) is 17.3 Å². The summed E-state index contributed by atoms with van der Waals surface area (Å²) in [6.07, 6.45) is 9.60. The molecule has 2 saturated heterocycles. The Morgan fingerprint density at radius 1 is 1.10 bits per heavy atom. The SMILES string of the molecule is C[C@@H]1C(=O)CC2(CCN(c3cnc(Sc4ccnc(Nc5ccnc(N6CC[C@@H](O)C6)n5)c4Cl)cn3)CC2)[C@H]1N.Cl. The molecule has 3 fully saturated rings. The Bertz CT molecular complexity index is 1390. The Kier molecular flexibility index (Phi) is 8.86. The molecule has 14 heteroatoms. The van der Waals surface area contributed by atoms with Gasteiger partial charge in [0.25, 0.3) is 0 Å². The molecule has 0 radical (unpaired) electrons. The van der Waals surface area contributed by atoms with Crippen molar-refractivity contribution >= 4 is 65.0 Å². The zero-order chi connectivity index (χ0) is 27.9. The Hall–Kier alpha value is -2.77. The number of aromatic nitrogens is 5. The summed E-state index contributed by atoms with van der Waals surface area (Å²) in [5, 5.41) is 14.2. The number of aliphatic hydroxyl groups excluding tert-OH is 1. The van der Waals surface area contributed by atoms with Crippen molar-refractivity contribution in [2.24, 2.45) is 17.1 Å². The van der Waals surface area contributed by atoms with Crippen molar-refractivity contribution in [1.29, 1.82) is 0 Å². The number of anilines is 4. The summed E-state index contributed by atoms with van der Waals surface area (Å²) in [6.45, 7) is 4.80. The Morgan fingerprint density at radius 3 is 2.54 bits per heavy atom. The van der Waals surface area contributed by atoms with Crippen LogP contribution in [0.5, 0.6) is 0 Å². The van der Waals surface area contributed by atoms with Crippen LogP contribution in [0.1, 0.15) is 32.6 Å². The van der Waals surface area contributed by atoms with E-state index >= 15 is 0 Å². The second-order valence-corrected chi connectivity index (χ2v) is 12.3. The fourth-order valence-corrected chi connectivity index (χ4v) is 6.92. The first-order valence-electron chi connectivity index (χ1n) is 13.5. The second kappa shape index (κ2) is 12.2. The lowest BCUT2D eigenvalue weighted by atomic mass is 9.73. The summed E-state index contributed by atoms with van der Waals surface area (Å²) in [6, 6.07) is 3.52. The van der Waals surface area contributed by atoms with Gasteiger partial charge in [0.1, 0.15) is 22.4 Å². The van der Waals surface area contributed by atoms with Gasteiger partial charge in [-0.3, -0.25) is 4.79 Å². The largest absolute Gasteiger partial charge is 0.391 e. The van der Waals surface area contributed by atoms with E-state index in [0.29, 0.717) is 59.3 Å². The number of ketones is 1. The summed E-state index contributed by atoms with van der Waals surface area (Å²) < 4.78 is 0. The number of piperidine rings is 1. The number of aliphatic hydroxyl groups is 1. The highest BCUT2D eigenvalue weighted by atomic mass is 35.5. The third-order valence-electron chi connectivity index (χ3n) is 8.38. The third kappa shape index (κ3) is 6.07. The first kappa shape index (κ1) is 29.7. The van der Waals surface area contributed by atoms with Crippen molar-refractivity contribution in [2.75, 3.05) is 41.3 Å². The Labute approximate surface area is 254 Å². The van der Waals surface area contributed by atoms with E-state index in [-0.39, 0.29) is 35.9 Å². The van der Waals surface area contributed by atoms with Crippen LogP contribution in [0, 0.1) is 11.3 Å². The molecule has 1 spiro atoms. The van der Waals surface area contributed by atoms with E-state index in [1.165, 1.54) is 11.8 Å². The number of hydrogen-bond acceptors (Lipinski definition) is 12. The minimum absolute atomic E-state index is 0. The fraction of sp³-hybridized carbons (Fsp3) is 0.481. The highest BCUT2D eigenvalue weighted by Gasteiger charge is 2.50. The molecule has 4 N–H and O–H groups in total. The Balaban J connectivity index is 0.00000337. The van der Waals surface area contributed by atoms with Crippen molar-refractivity contribution in [3.8, 4) is 0 Å². The van der Waals surface area contributed by atoms with Crippen LogP contribution < -0.4 is 20.9 Å². The maximum absolute atomic E-state index is 12.3. The number of Topliss-reactive ketones (excluding diaryl/α,β-unsaturated/α-hetero) is 1.